The number of para-hydroxylation sites is 2. The van der Waals surface area contributed by atoms with E-state index in [1.54, 1.807) is 11.3 Å². The summed E-state index contributed by atoms with van der Waals surface area (Å²) in [5, 5.41) is 10.0. The van der Waals surface area contributed by atoms with Gasteiger partial charge in [0.2, 0.25) is 0 Å². The highest BCUT2D eigenvalue weighted by Crippen LogP contribution is 2.48. The zero-order valence-corrected chi connectivity index (χ0v) is 33.1. The quantitative estimate of drug-likeness (QED) is 0.178. The standard InChI is InChI=1S/C51H28N4S3/c1-2-13-29(14-3-1)49-52-50(37-20-12-19-35-33-17-6-10-23-42(33)56-46(35)37)54-51(53-49)39-28-30(55-40-21-8-4-15-31(40)32-16-5-9-22-41(32)55)27-38-45-44(58-47(38)39)26-25-36-34-18-7-11-24-43(34)57-48(36)45/h1-28H. The van der Waals surface area contributed by atoms with Gasteiger partial charge >= 0.3 is 0 Å². The van der Waals surface area contributed by atoms with E-state index < -0.39 is 0 Å². The van der Waals surface area contributed by atoms with Gasteiger partial charge in [0.15, 0.2) is 17.5 Å². The lowest BCUT2D eigenvalue weighted by molar-refractivity contribution is 1.08. The van der Waals surface area contributed by atoms with Gasteiger partial charge in [-0.2, -0.15) is 0 Å². The van der Waals surface area contributed by atoms with Gasteiger partial charge in [-0.05, 0) is 48.5 Å². The van der Waals surface area contributed by atoms with Crippen molar-refractivity contribution in [3.05, 3.63) is 170 Å². The van der Waals surface area contributed by atoms with Crippen molar-refractivity contribution in [2.45, 2.75) is 0 Å². The zero-order valence-electron chi connectivity index (χ0n) is 30.7. The highest BCUT2D eigenvalue weighted by Gasteiger charge is 2.23. The molecule has 5 aromatic heterocycles. The average Bonchev–Trinajstić information content (AvgIpc) is 4.05. The highest BCUT2D eigenvalue weighted by molar-refractivity contribution is 7.30. The Morgan fingerprint density at radius 2 is 0.879 bits per heavy atom. The monoisotopic (exact) mass is 792 g/mol. The van der Waals surface area contributed by atoms with Crippen LogP contribution in [0.1, 0.15) is 0 Å². The van der Waals surface area contributed by atoms with E-state index in [0.717, 1.165) is 22.4 Å². The van der Waals surface area contributed by atoms with Crippen molar-refractivity contribution in [1.29, 1.82) is 0 Å². The molecule has 0 amide bonds. The molecule has 5 heterocycles. The van der Waals surface area contributed by atoms with E-state index in [4.69, 9.17) is 15.0 Å². The summed E-state index contributed by atoms with van der Waals surface area (Å²) in [6, 6.07) is 61.0. The summed E-state index contributed by atoms with van der Waals surface area (Å²) >= 11 is 5.51. The van der Waals surface area contributed by atoms with Crippen LogP contribution in [0.2, 0.25) is 0 Å². The van der Waals surface area contributed by atoms with E-state index in [2.05, 4.69) is 168 Å². The first-order valence-corrected chi connectivity index (χ1v) is 21.7. The molecule has 4 nitrogen and oxygen atoms in total. The number of hydrogen-bond acceptors (Lipinski definition) is 6. The maximum Gasteiger partial charge on any atom is 0.165 e. The Morgan fingerprint density at radius 1 is 0.345 bits per heavy atom. The number of aromatic nitrogens is 4. The van der Waals surface area contributed by atoms with Crippen molar-refractivity contribution < 1.29 is 0 Å². The lowest BCUT2D eigenvalue weighted by Gasteiger charge is -2.13. The largest absolute Gasteiger partial charge is 0.309 e. The molecule has 0 N–H and O–H groups in total. The summed E-state index contributed by atoms with van der Waals surface area (Å²) in [6.07, 6.45) is 0. The molecule has 0 aliphatic carbocycles. The molecule has 7 heteroatoms. The molecule has 8 aromatic carbocycles. The molecule has 13 aromatic rings. The third-order valence-corrected chi connectivity index (χ3v) is 15.1. The van der Waals surface area contributed by atoms with Crippen LogP contribution in [-0.4, -0.2) is 19.5 Å². The van der Waals surface area contributed by atoms with Crippen LogP contribution in [0.3, 0.4) is 0 Å². The van der Waals surface area contributed by atoms with Crippen LogP contribution in [0.25, 0.3) is 122 Å². The first kappa shape index (κ1) is 32.3. The molecular formula is C51H28N4S3. The molecule has 270 valence electrons. The Kier molecular flexibility index (Phi) is 6.89. The van der Waals surface area contributed by atoms with Crippen molar-refractivity contribution in [3.63, 3.8) is 0 Å². The van der Waals surface area contributed by atoms with Gasteiger partial charge in [0.25, 0.3) is 0 Å². The Morgan fingerprint density at radius 3 is 1.60 bits per heavy atom. The first-order valence-electron chi connectivity index (χ1n) is 19.3. The molecule has 0 fully saturated rings. The van der Waals surface area contributed by atoms with Crippen molar-refractivity contribution in [2.24, 2.45) is 0 Å². The van der Waals surface area contributed by atoms with Crippen LogP contribution in [0, 0.1) is 0 Å². The van der Waals surface area contributed by atoms with Gasteiger partial charge < -0.3 is 4.57 Å². The van der Waals surface area contributed by atoms with Crippen LogP contribution in [0.15, 0.2) is 170 Å². The minimum atomic E-state index is 0.655. The molecule has 0 saturated heterocycles. The van der Waals surface area contributed by atoms with E-state index >= 15 is 0 Å². The maximum absolute atomic E-state index is 5.47. The minimum Gasteiger partial charge on any atom is -0.309 e. The Labute approximate surface area is 343 Å². The first-order chi connectivity index (χ1) is 28.7. The van der Waals surface area contributed by atoms with Crippen molar-refractivity contribution in [3.8, 4) is 39.9 Å². The molecule has 0 atom stereocenters. The van der Waals surface area contributed by atoms with Crippen LogP contribution >= 0.6 is 34.0 Å². The summed E-state index contributed by atoms with van der Waals surface area (Å²) in [7, 11) is 0. The van der Waals surface area contributed by atoms with Crippen LogP contribution in [0.5, 0.6) is 0 Å². The van der Waals surface area contributed by atoms with Crippen LogP contribution in [-0.2, 0) is 0 Å². The van der Waals surface area contributed by atoms with Gasteiger partial charge in [-0.1, -0.05) is 121 Å². The molecule has 58 heavy (non-hydrogen) atoms. The number of benzene rings is 8. The van der Waals surface area contributed by atoms with Crippen LogP contribution in [0.4, 0.5) is 0 Å². The predicted molar refractivity (Wildman–Crippen MR) is 249 cm³/mol. The molecule has 0 saturated carbocycles. The zero-order chi connectivity index (χ0) is 37.9. The fourth-order valence-corrected chi connectivity index (χ4v) is 12.6. The van der Waals surface area contributed by atoms with Crippen molar-refractivity contribution in [1.82, 2.24) is 19.5 Å². The van der Waals surface area contributed by atoms with E-state index in [0.29, 0.717) is 17.5 Å². The lowest BCUT2D eigenvalue weighted by atomic mass is 10.0. The second kappa shape index (κ2) is 12.4. The van der Waals surface area contributed by atoms with E-state index in [1.807, 2.05) is 28.7 Å². The molecule has 0 bridgehead atoms. The van der Waals surface area contributed by atoms with Gasteiger partial charge in [-0.15, -0.1) is 34.0 Å². The van der Waals surface area contributed by atoms with Crippen molar-refractivity contribution in [2.75, 3.05) is 0 Å². The smallest absolute Gasteiger partial charge is 0.165 e. The molecule has 0 spiro atoms. The summed E-state index contributed by atoms with van der Waals surface area (Å²) in [4.78, 5) is 16.1. The third kappa shape index (κ3) is 4.69. The number of nitrogens with zero attached hydrogens (tertiary/aromatic N) is 4. The Balaban J connectivity index is 1.17. The van der Waals surface area contributed by atoms with Gasteiger partial charge in [-0.3, -0.25) is 0 Å². The van der Waals surface area contributed by atoms with E-state index in [9.17, 15) is 0 Å². The fraction of sp³-hybridized carbons (Fsp3) is 0. The van der Waals surface area contributed by atoms with Gasteiger partial charge in [-0.25, -0.2) is 15.0 Å². The number of hydrogen-bond donors (Lipinski definition) is 0. The normalized spacial score (nSPS) is 12.1. The van der Waals surface area contributed by atoms with Gasteiger partial charge in [0.1, 0.15) is 0 Å². The van der Waals surface area contributed by atoms with E-state index in [-0.39, 0.29) is 0 Å². The molecular weight excluding hydrogens is 765 g/mol. The summed E-state index contributed by atoms with van der Waals surface area (Å²) in [5.41, 5.74) is 6.37. The minimum absolute atomic E-state index is 0.655. The van der Waals surface area contributed by atoms with Gasteiger partial charge in [0.05, 0.1) is 11.0 Å². The average molecular weight is 793 g/mol. The SMILES string of the molecule is c1ccc(-c2nc(-c3cccc4c3sc3ccccc34)nc(-c3cc(-n4c5ccccc5c5ccccc54)cc4c3sc3ccc5c6ccccc6sc5c34)n2)cc1. The number of rotatable bonds is 4. The highest BCUT2D eigenvalue weighted by atomic mass is 32.1. The topological polar surface area (TPSA) is 43.6 Å². The third-order valence-electron chi connectivity index (χ3n) is 11.5. The molecule has 0 aliphatic heterocycles. The summed E-state index contributed by atoms with van der Waals surface area (Å²) in [5.74, 6) is 1.99. The van der Waals surface area contributed by atoms with E-state index in [1.165, 1.54) is 82.3 Å². The predicted octanol–water partition coefficient (Wildman–Crippen LogP) is 15.1. The van der Waals surface area contributed by atoms with Crippen molar-refractivity contribution >= 4 is 116 Å². The molecule has 0 radical (unpaired) electrons. The lowest BCUT2D eigenvalue weighted by Crippen LogP contribution is -2.01. The van der Waals surface area contributed by atoms with Gasteiger partial charge in [0, 0.05) is 93.7 Å². The summed E-state index contributed by atoms with van der Waals surface area (Å²) in [6.45, 7) is 0. The Bertz CT molecular complexity index is 3760. The Hall–Kier alpha value is -6.77. The van der Waals surface area contributed by atoms with Crippen LogP contribution < -0.4 is 0 Å². The number of fused-ring (bicyclic) bond motifs is 13. The maximum atomic E-state index is 5.47. The molecule has 13 rings (SSSR count). The summed E-state index contributed by atoms with van der Waals surface area (Å²) < 4.78 is 9.88. The molecule has 0 unspecified atom stereocenters. The number of thiophene rings is 3. The second-order valence-electron chi connectivity index (χ2n) is 14.7. The fourth-order valence-electron chi connectivity index (χ4n) is 8.88. The second-order valence-corrected chi connectivity index (χ2v) is 17.9. The molecule has 0 aliphatic rings.